The topological polar surface area (TPSA) is 38.3 Å². The monoisotopic (exact) mass is 182 g/mol. The Labute approximate surface area is 79.5 Å². The lowest BCUT2D eigenvalue weighted by Gasteiger charge is -2.07. The van der Waals surface area contributed by atoms with E-state index in [1.165, 1.54) is 25.2 Å². The van der Waals surface area contributed by atoms with E-state index < -0.39 is 0 Å². The van der Waals surface area contributed by atoms with Crippen LogP contribution in [0.5, 0.6) is 0 Å². The third-order valence-corrected chi connectivity index (χ3v) is 2.73. The predicted molar refractivity (Wildman–Crippen MR) is 52.6 cm³/mol. The SMILES string of the molecule is NCC1OCC/C1=C\CCN1CC1. The largest absolute Gasteiger partial charge is 0.372 e. The molecule has 0 spiro atoms. The average molecular weight is 182 g/mol. The molecular formula is C10H18N2O. The van der Waals surface area contributed by atoms with Gasteiger partial charge < -0.3 is 15.4 Å². The maximum atomic E-state index is 5.59. The zero-order valence-electron chi connectivity index (χ0n) is 8.04. The molecule has 3 nitrogen and oxygen atoms in total. The van der Waals surface area contributed by atoms with E-state index >= 15 is 0 Å². The second-order valence-corrected chi connectivity index (χ2v) is 3.75. The molecule has 0 aromatic carbocycles. The molecule has 2 heterocycles. The Hall–Kier alpha value is -0.380. The van der Waals surface area contributed by atoms with Gasteiger partial charge in [0.1, 0.15) is 0 Å². The first-order valence-corrected chi connectivity index (χ1v) is 5.13. The summed E-state index contributed by atoms with van der Waals surface area (Å²) in [5.41, 5.74) is 7.01. The first kappa shape index (κ1) is 9.19. The van der Waals surface area contributed by atoms with Gasteiger partial charge in [-0.25, -0.2) is 0 Å². The summed E-state index contributed by atoms with van der Waals surface area (Å²) < 4.78 is 5.48. The molecule has 13 heavy (non-hydrogen) atoms. The molecule has 2 aliphatic heterocycles. The van der Waals surface area contributed by atoms with Crippen LogP contribution in [-0.4, -0.2) is 43.8 Å². The van der Waals surface area contributed by atoms with E-state index in [1.807, 2.05) is 0 Å². The van der Waals surface area contributed by atoms with Crippen molar-refractivity contribution in [1.82, 2.24) is 4.90 Å². The van der Waals surface area contributed by atoms with Gasteiger partial charge in [-0.2, -0.15) is 0 Å². The van der Waals surface area contributed by atoms with Gasteiger partial charge >= 0.3 is 0 Å². The van der Waals surface area contributed by atoms with Crippen LogP contribution >= 0.6 is 0 Å². The smallest absolute Gasteiger partial charge is 0.0908 e. The summed E-state index contributed by atoms with van der Waals surface area (Å²) in [6.07, 6.45) is 4.79. The molecule has 2 rings (SSSR count). The molecule has 0 aromatic rings. The quantitative estimate of drug-likeness (QED) is 0.504. The number of ether oxygens (including phenoxy) is 1. The average Bonchev–Trinajstić information content (AvgIpc) is 2.84. The van der Waals surface area contributed by atoms with Crippen molar-refractivity contribution in [2.45, 2.75) is 18.9 Å². The van der Waals surface area contributed by atoms with Gasteiger partial charge in [0.15, 0.2) is 0 Å². The predicted octanol–water partition coefficient (Wildman–Crippen LogP) is 0.366. The van der Waals surface area contributed by atoms with E-state index in [1.54, 1.807) is 0 Å². The summed E-state index contributed by atoms with van der Waals surface area (Å²) in [5.74, 6) is 0. The third-order valence-electron chi connectivity index (χ3n) is 2.73. The van der Waals surface area contributed by atoms with Crippen LogP contribution in [0.3, 0.4) is 0 Å². The van der Waals surface area contributed by atoms with Gasteiger partial charge in [-0.1, -0.05) is 6.08 Å². The summed E-state index contributed by atoms with van der Waals surface area (Å²) in [5, 5.41) is 0. The molecule has 0 saturated carbocycles. The minimum atomic E-state index is 0.217. The van der Waals surface area contributed by atoms with Crippen LogP contribution in [0.1, 0.15) is 12.8 Å². The Bertz CT molecular complexity index is 199. The van der Waals surface area contributed by atoms with Crippen molar-refractivity contribution in [3.63, 3.8) is 0 Å². The van der Waals surface area contributed by atoms with Crippen molar-refractivity contribution < 1.29 is 4.74 Å². The highest BCUT2D eigenvalue weighted by Crippen LogP contribution is 2.19. The Morgan fingerprint density at radius 2 is 2.38 bits per heavy atom. The number of nitrogens with zero attached hydrogens (tertiary/aromatic N) is 1. The third kappa shape index (κ3) is 2.53. The normalized spacial score (nSPS) is 31.5. The number of nitrogens with two attached hydrogens (primary N) is 1. The minimum Gasteiger partial charge on any atom is -0.372 e. The highest BCUT2D eigenvalue weighted by atomic mass is 16.5. The van der Waals surface area contributed by atoms with E-state index in [2.05, 4.69) is 11.0 Å². The maximum absolute atomic E-state index is 5.59. The van der Waals surface area contributed by atoms with Crippen LogP contribution in [0.2, 0.25) is 0 Å². The van der Waals surface area contributed by atoms with Gasteiger partial charge in [-0.05, 0) is 18.4 Å². The lowest BCUT2D eigenvalue weighted by atomic mass is 10.1. The van der Waals surface area contributed by atoms with Gasteiger partial charge in [0.2, 0.25) is 0 Å². The Morgan fingerprint density at radius 1 is 1.54 bits per heavy atom. The molecule has 0 amide bonds. The van der Waals surface area contributed by atoms with Gasteiger partial charge in [0.05, 0.1) is 12.7 Å². The Balaban J connectivity index is 1.75. The lowest BCUT2D eigenvalue weighted by molar-refractivity contribution is 0.130. The molecule has 1 atom stereocenters. The summed E-state index contributed by atoms with van der Waals surface area (Å²) in [6, 6.07) is 0. The van der Waals surface area contributed by atoms with Crippen LogP contribution in [0.4, 0.5) is 0 Å². The Kier molecular flexibility index (Phi) is 2.98. The van der Waals surface area contributed by atoms with Crippen LogP contribution < -0.4 is 5.73 Å². The lowest BCUT2D eigenvalue weighted by Crippen LogP contribution is -2.20. The van der Waals surface area contributed by atoms with Crippen molar-refractivity contribution in [2.75, 3.05) is 32.8 Å². The molecule has 0 aromatic heterocycles. The zero-order chi connectivity index (χ0) is 9.10. The van der Waals surface area contributed by atoms with Crippen LogP contribution in [0.15, 0.2) is 11.6 Å². The maximum Gasteiger partial charge on any atom is 0.0908 e. The fraction of sp³-hybridized carbons (Fsp3) is 0.800. The van der Waals surface area contributed by atoms with Crippen molar-refractivity contribution >= 4 is 0 Å². The fourth-order valence-corrected chi connectivity index (χ4v) is 1.77. The summed E-state index contributed by atoms with van der Waals surface area (Å²) in [4.78, 5) is 2.43. The summed E-state index contributed by atoms with van der Waals surface area (Å²) in [6.45, 7) is 5.29. The van der Waals surface area contributed by atoms with Crippen molar-refractivity contribution in [3.8, 4) is 0 Å². The molecule has 2 N–H and O–H groups in total. The fourth-order valence-electron chi connectivity index (χ4n) is 1.77. The molecule has 74 valence electrons. The molecule has 0 bridgehead atoms. The van der Waals surface area contributed by atoms with Crippen molar-refractivity contribution in [3.05, 3.63) is 11.6 Å². The first-order chi connectivity index (χ1) is 6.40. The second kappa shape index (κ2) is 4.22. The molecule has 0 radical (unpaired) electrons. The number of rotatable bonds is 4. The van der Waals surface area contributed by atoms with Crippen LogP contribution in [0, 0.1) is 0 Å². The highest BCUT2D eigenvalue weighted by Gasteiger charge is 2.20. The first-order valence-electron chi connectivity index (χ1n) is 5.13. The second-order valence-electron chi connectivity index (χ2n) is 3.75. The number of hydrogen-bond donors (Lipinski definition) is 1. The van der Waals surface area contributed by atoms with E-state index in [0.29, 0.717) is 6.54 Å². The molecule has 2 aliphatic rings. The molecule has 0 aliphatic carbocycles. The summed E-state index contributed by atoms with van der Waals surface area (Å²) in [7, 11) is 0. The molecule has 2 fully saturated rings. The van der Waals surface area contributed by atoms with E-state index in [9.17, 15) is 0 Å². The van der Waals surface area contributed by atoms with E-state index in [0.717, 1.165) is 19.4 Å². The van der Waals surface area contributed by atoms with Gasteiger partial charge in [0, 0.05) is 26.2 Å². The zero-order valence-corrected chi connectivity index (χ0v) is 8.04. The molecule has 2 saturated heterocycles. The van der Waals surface area contributed by atoms with Gasteiger partial charge in [-0.3, -0.25) is 0 Å². The standard InChI is InChI=1S/C10H18N2O/c11-8-10-9(3-7-13-10)2-1-4-12-5-6-12/h2,10H,1,3-8,11H2/b9-2+. The highest BCUT2D eigenvalue weighted by molar-refractivity contribution is 5.12. The van der Waals surface area contributed by atoms with Crippen LogP contribution in [-0.2, 0) is 4.74 Å². The molecule has 3 heteroatoms. The van der Waals surface area contributed by atoms with Crippen LogP contribution in [0.25, 0.3) is 0 Å². The van der Waals surface area contributed by atoms with Gasteiger partial charge in [-0.15, -0.1) is 0 Å². The molecular weight excluding hydrogens is 164 g/mol. The van der Waals surface area contributed by atoms with Gasteiger partial charge in [0.25, 0.3) is 0 Å². The van der Waals surface area contributed by atoms with E-state index in [4.69, 9.17) is 10.5 Å². The van der Waals surface area contributed by atoms with Crippen molar-refractivity contribution in [1.29, 1.82) is 0 Å². The summed E-state index contributed by atoms with van der Waals surface area (Å²) >= 11 is 0. The Morgan fingerprint density at radius 3 is 3.08 bits per heavy atom. The minimum absolute atomic E-state index is 0.217. The van der Waals surface area contributed by atoms with E-state index in [-0.39, 0.29) is 6.10 Å². The van der Waals surface area contributed by atoms with Crippen molar-refractivity contribution in [2.24, 2.45) is 5.73 Å². The molecule has 1 unspecified atom stereocenters. The number of hydrogen-bond acceptors (Lipinski definition) is 3.